The molecule has 0 bridgehead atoms. The summed E-state index contributed by atoms with van der Waals surface area (Å²) in [5.74, 6) is 0.0237. The highest BCUT2D eigenvalue weighted by molar-refractivity contribution is 7.14. The number of halogens is 1. The number of nitrogens with one attached hydrogen (secondary N) is 3. The van der Waals surface area contributed by atoms with Gasteiger partial charge in [-0.3, -0.25) is 19.6 Å². The molecule has 1 aliphatic carbocycles. The highest BCUT2D eigenvalue weighted by Crippen LogP contribution is 2.29. The van der Waals surface area contributed by atoms with Crippen molar-refractivity contribution in [1.82, 2.24) is 15.3 Å². The zero-order valence-corrected chi connectivity index (χ0v) is 21.5. The summed E-state index contributed by atoms with van der Waals surface area (Å²) in [6.07, 6.45) is 10.2. The van der Waals surface area contributed by atoms with Crippen LogP contribution in [0.15, 0.2) is 42.9 Å². The number of pyridine rings is 2. The van der Waals surface area contributed by atoms with Crippen LogP contribution in [0.4, 0.5) is 11.4 Å². The lowest BCUT2D eigenvalue weighted by molar-refractivity contribution is -0.118. The smallest absolute Gasteiger partial charge is 0.262 e. The second-order valence-electron chi connectivity index (χ2n) is 9.00. The van der Waals surface area contributed by atoms with Crippen molar-refractivity contribution in [3.63, 3.8) is 0 Å². The molecule has 4 rings (SSSR count). The molecule has 9 heteroatoms. The number of aryl methyl sites for hydroxylation is 2. The van der Waals surface area contributed by atoms with E-state index in [1.807, 2.05) is 26.0 Å². The first-order valence-electron chi connectivity index (χ1n) is 11.9. The largest absolute Gasteiger partial charge is 0.379 e. The number of anilines is 2. The van der Waals surface area contributed by atoms with Gasteiger partial charge >= 0.3 is 0 Å². The van der Waals surface area contributed by atoms with Gasteiger partial charge in [-0.15, -0.1) is 11.3 Å². The van der Waals surface area contributed by atoms with E-state index in [0.717, 1.165) is 34.7 Å². The molecule has 0 radical (unpaired) electrons. The summed E-state index contributed by atoms with van der Waals surface area (Å²) in [5.41, 5.74) is 3.31. The van der Waals surface area contributed by atoms with Crippen LogP contribution >= 0.6 is 22.9 Å². The summed E-state index contributed by atoms with van der Waals surface area (Å²) in [6.45, 7) is 4.36. The van der Waals surface area contributed by atoms with E-state index in [2.05, 4.69) is 25.9 Å². The van der Waals surface area contributed by atoms with Crippen molar-refractivity contribution < 1.29 is 9.59 Å². The average Bonchev–Trinajstić information content (AvgIpc) is 3.53. The van der Waals surface area contributed by atoms with E-state index in [4.69, 9.17) is 11.6 Å². The number of carbonyl (C=O) groups is 2. The molecule has 3 heterocycles. The molecule has 0 saturated heterocycles. The molecule has 1 atom stereocenters. The van der Waals surface area contributed by atoms with Gasteiger partial charge in [0.25, 0.3) is 5.91 Å². The lowest BCUT2D eigenvalue weighted by atomic mass is 9.97. The maximum absolute atomic E-state index is 13.2. The van der Waals surface area contributed by atoms with Gasteiger partial charge in [0.2, 0.25) is 5.91 Å². The minimum Gasteiger partial charge on any atom is -0.379 e. The lowest BCUT2D eigenvalue weighted by Gasteiger charge is -2.21. The number of aromatic nitrogens is 2. The maximum Gasteiger partial charge on any atom is 0.262 e. The number of rotatable bonds is 9. The molecule has 0 aromatic carbocycles. The van der Waals surface area contributed by atoms with Crippen LogP contribution in [0.3, 0.4) is 0 Å². The predicted octanol–water partition coefficient (Wildman–Crippen LogP) is 5.74. The Kier molecular flexibility index (Phi) is 8.36. The standard InChI is InChI=1S/C26H30ClN5O2S/c1-16-13-28-10-9-21(16)31-25(33)23(11-18-5-3-4-6-18)32-26(34)24-8-7-20(35-24)15-30-22-12-19(27)14-29-17(22)2/h7-10,12-14,18,23,30H,3-6,11,15H2,1-2H3,(H,32,34)(H,28,31,33). The first-order valence-corrected chi connectivity index (χ1v) is 13.1. The van der Waals surface area contributed by atoms with Gasteiger partial charge in [0.1, 0.15) is 6.04 Å². The highest BCUT2D eigenvalue weighted by atomic mass is 35.5. The lowest BCUT2D eigenvalue weighted by Crippen LogP contribution is -2.44. The van der Waals surface area contributed by atoms with Crippen molar-refractivity contribution in [3.8, 4) is 0 Å². The third-order valence-electron chi connectivity index (χ3n) is 6.34. The first kappa shape index (κ1) is 25.1. The summed E-state index contributed by atoms with van der Waals surface area (Å²) >= 11 is 7.46. The van der Waals surface area contributed by atoms with Gasteiger partial charge in [-0.05, 0) is 56.0 Å². The van der Waals surface area contributed by atoms with E-state index in [1.54, 1.807) is 30.7 Å². The van der Waals surface area contributed by atoms with Crippen molar-refractivity contribution >= 4 is 46.1 Å². The van der Waals surface area contributed by atoms with Crippen LogP contribution in [0.5, 0.6) is 0 Å². The fourth-order valence-electron chi connectivity index (χ4n) is 4.34. The zero-order chi connectivity index (χ0) is 24.8. The van der Waals surface area contributed by atoms with Gasteiger partial charge in [-0.25, -0.2) is 0 Å². The van der Waals surface area contributed by atoms with Crippen LogP contribution in [0.1, 0.15) is 57.9 Å². The number of carbonyl (C=O) groups excluding carboxylic acids is 2. The van der Waals surface area contributed by atoms with Crippen molar-refractivity contribution in [1.29, 1.82) is 0 Å². The molecule has 3 aromatic heterocycles. The molecule has 1 saturated carbocycles. The quantitative estimate of drug-likeness (QED) is 0.340. The van der Waals surface area contributed by atoms with Crippen molar-refractivity contribution in [2.24, 2.45) is 5.92 Å². The Hall–Kier alpha value is -2.97. The molecule has 0 aliphatic heterocycles. The SMILES string of the molecule is Cc1cnccc1NC(=O)C(CC1CCCC1)NC(=O)c1ccc(CNc2cc(Cl)cnc2C)s1. The molecule has 3 aromatic rings. The Bertz CT molecular complexity index is 1190. The van der Waals surface area contributed by atoms with Gasteiger partial charge in [-0.2, -0.15) is 0 Å². The Morgan fingerprint density at radius 2 is 1.94 bits per heavy atom. The molecular weight excluding hydrogens is 482 g/mol. The molecule has 35 heavy (non-hydrogen) atoms. The number of hydrogen-bond acceptors (Lipinski definition) is 6. The van der Waals surface area contributed by atoms with Gasteiger partial charge in [0, 0.05) is 35.7 Å². The molecule has 1 aliphatic rings. The Labute approximate surface area is 214 Å². The van der Waals surface area contributed by atoms with E-state index in [1.165, 1.54) is 24.2 Å². The van der Waals surface area contributed by atoms with Gasteiger partial charge < -0.3 is 16.0 Å². The second-order valence-corrected chi connectivity index (χ2v) is 10.6. The zero-order valence-electron chi connectivity index (χ0n) is 19.9. The van der Waals surface area contributed by atoms with Crippen LogP contribution < -0.4 is 16.0 Å². The van der Waals surface area contributed by atoms with Gasteiger partial charge in [-0.1, -0.05) is 37.3 Å². The van der Waals surface area contributed by atoms with E-state index in [-0.39, 0.29) is 11.8 Å². The minimum absolute atomic E-state index is 0.193. The van der Waals surface area contributed by atoms with E-state index < -0.39 is 6.04 Å². The molecule has 2 amide bonds. The normalized spacial score (nSPS) is 14.5. The monoisotopic (exact) mass is 511 g/mol. The van der Waals surface area contributed by atoms with E-state index >= 15 is 0 Å². The van der Waals surface area contributed by atoms with Gasteiger partial charge in [0.05, 0.1) is 21.3 Å². The summed E-state index contributed by atoms with van der Waals surface area (Å²) < 4.78 is 0. The van der Waals surface area contributed by atoms with Crippen molar-refractivity contribution in [2.75, 3.05) is 10.6 Å². The fourth-order valence-corrected chi connectivity index (χ4v) is 5.35. The summed E-state index contributed by atoms with van der Waals surface area (Å²) in [5, 5.41) is 9.87. The molecule has 1 unspecified atom stereocenters. The second kappa shape index (κ2) is 11.6. The average molecular weight is 512 g/mol. The Morgan fingerprint density at radius 3 is 2.71 bits per heavy atom. The number of nitrogens with zero attached hydrogens (tertiary/aromatic N) is 2. The molecule has 1 fully saturated rings. The van der Waals surface area contributed by atoms with Crippen LogP contribution in [0, 0.1) is 19.8 Å². The summed E-state index contributed by atoms with van der Waals surface area (Å²) in [6, 6.07) is 6.74. The topological polar surface area (TPSA) is 96.0 Å². The molecule has 184 valence electrons. The van der Waals surface area contributed by atoms with Crippen LogP contribution in [0.2, 0.25) is 5.02 Å². The van der Waals surface area contributed by atoms with Crippen LogP contribution in [-0.4, -0.2) is 27.8 Å². The number of amides is 2. The van der Waals surface area contributed by atoms with Gasteiger partial charge in [0.15, 0.2) is 0 Å². The highest BCUT2D eigenvalue weighted by Gasteiger charge is 2.27. The van der Waals surface area contributed by atoms with E-state index in [0.29, 0.717) is 34.5 Å². The maximum atomic E-state index is 13.2. The summed E-state index contributed by atoms with van der Waals surface area (Å²) in [4.78, 5) is 36.2. The fraction of sp³-hybridized carbons (Fsp3) is 0.385. The predicted molar refractivity (Wildman–Crippen MR) is 141 cm³/mol. The van der Waals surface area contributed by atoms with Crippen molar-refractivity contribution in [2.45, 2.75) is 58.5 Å². The Morgan fingerprint density at radius 1 is 1.14 bits per heavy atom. The molecule has 3 N–H and O–H groups in total. The van der Waals surface area contributed by atoms with E-state index in [9.17, 15) is 9.59 Å². The first-order chi connectivity index (χ1) is 16.9. The molecule has 0 spiro atoms. The Balaban J connectivity index is 1.41. The third-order valence-corrected chi connectivity index (χ3v) is 7.63. The van der Waals surface area contributed by atoms with Crippen LogP contribution in [-0.2, 0) is 11.3 Å². The minimum atomic E-state index is -0.595. The molecule has 7 nitrogen and oxygen atoms in total. The third kappa shape index (κ3) is 6.80. The summed E-state index contributed by atoms with van der Waals surface area (Å²) in [7, 11) is 0. The molecular formula is C26H30ClN5O2S. The van der Waals surface area contributed by atoms with Crippen LogP contribution in [0.25, 0.3) is 0 Å². The van der Waals surface area contributed by atoms with Crippen molar-refractivity contribution in [3.05, 3.63) is 68.9 Å². The number of thiophene rings is 1. The number of hydrogen-bond donors (Lipinski definition) is 3.